The Bertz CT molecular complexity index is 364. The molecular formula is C14H20O2. The van der Waals surface area contributed by atoms with Crippen LogP contribution < -0.4 is 0 Å². The molecule has 0 amide bonds. The van der Waals surface area contributed by atoms with Crippen LogP contribution in [0.1, 0.15) is 54.7 Å². The number of phenolic OH excluding ortho intramolecular Hbond substituents is 2. The van der Waals surface area contributed by atoms with Crippen molar-refractivity contribution in [3.05, 3.63) is 22.8 Å². The molecule has 0 spiro atoms. The van der Waals surface area contributed by atoms with Crippen LogP contribution in [0, 0.1) is 13.8 Å². The highest BCUT2D eigenvalue weighted by atomic mass is 16.3. The largest absolute Gasteiger partial charge is 0.504 e. The quantitative estimate of drug-likeness (QED) is 0.707. The molecule has 16 heavy (non-hydrogen) atoms. The van der Waals surface area contributed by atoms with Crippen molar-refractivity contribution in [1.82, 2.24) is 0 Å². The summed E-state index contributed by atoms with van der Waals surface area (Å²) in [5.74, 6) is 0.568. The number of aryl methyl sites for hydroxylation is 1. The minimum Gasteiger partial charge on any atom is -0.504 e. The predicted molar refractivity (Wildman–Crippen MR) is 65.1 cm³/mol. The lowest BCUT2D eigenvalue weighted by Gasteiger charge is -2.25. The molecule has 0 atom stereocenters. The van der Waals surface area contributed by atoms with Gasteiger partial charge in [-0.25, -0.2) is 0 Å². The van der Waals surface area contributed by atoms with Crippen LogP contribution in [-0.4, -0.2) is 10.2 Å². The molecule has 0 aliphatic heterocycles. The van der Waals surface area contributed by atoms with E-state index in [4.69, 9.17) is 0 Å². The molecule has 1 aromatic rings. The van der Waals surface area contributed by atoms with Crippen LogP contribution in [0.2, 0.25) is 0 Å². The van der Waals surface area contributed by atoms with Gasteiger partial charge in [0.1, 0.15) is 0 Å². The van der Waals surface area contributed by atoms with E-state index in [1.807, 2.05) is 13.8 Å². The van der Waals surface area contributed by atoms with Gasteiger partial charge >= 0.3 is 0 Å². The standard InChI is InChI=1S/C14H20O2/c1-9-8-12(15)14(16)13(10(9)2)11-6-4-3-5-7-11/h8,11,15-16H,3-7H2,1-2H3. The van der Waals surface area contributed by atoms with Crippen molar-refractivity contribution in [1.29, 1.82) is 0 Å². The third kappa shape index (κ3) is 1.89. The molecule has 0 heterocycles. The van der Waals surface area contributed by atoms with E-state index in [0.717, 1.165) is 29.5 Å². The van der Waals surface area contributed by atoms with E-state index < -0.39 is 0 Å². The van der Waals surface area contributed by atoms with Gasteiger partial charge < -0.3 is 10.2 Å². The summed E-state index contributed by atoms with van der Waals surface area (Å²) in [4.78, 5) is 0. The highest BCUT2D eigenvalue weighted by molar-refractivity contribution is 5.53. The Kier molecular flexibility index (Phi) is 3.08. The van der Waals surface area contributed by atoms with E-state index >= 15 is 0 Å². The molecule has 2 rings (SSSR count). The lowest BCUT2D eigenvalue weighted by Crippen LogP contribution is -2.07. The second-order valence-corrected chi connectivity index (χ2v) is 4.93. The Morgan fingerprint density at radius 2 is 1.69 bits per heavy atom. The first-order chi connectivity index (χ1) is 7.61. The lowest BCUT2D eigenvalue weighted by molar-refractivity contribution is 0.379. The van der Waals surface area contributed by atoms with Gasteiger partial charge in [-0.05, 0) is 49.8 Å². The summed E-state index contributed by atoms with van der Waals surface area (Å²) in [6, 6.07) is 1.65. The molecule has 88 valence electrons. The molecule has 1 aliphatic rings. The Morgan fingerprint density at radius 3 is 2.31 bits per heavy atom. The predicted octanol–water partition coefficient (Wildman–Crippen LogP) is 3.76. The molecule has 0 aromatic heterocycles. The zero-order valence-electron chi connectivity index (χ0n) is 10.1. The van der Waals surface area contributed by atoms with Gasteiger partial charge in [-0.1, -0.05) is 19.3 Å². The second kappa shape index (κ2) is 4.36. The van der Waals surface area contributed by atoms with Gasteiger partial charge in [0.25, 0.3) is 0 Å². The lowest BCUT2D eigenvalue weighted by atomic mass is 9.81. The topological polar surface area (TPSA) is 40.5 Å². The van der Waals surface area contributed by atoms with Gasteiger partial charge in [0, 0.05) is 5.56 Å². The van der Waals surface area contributed by atoms with Crippen molar-refractivity contribution in [3.8, 4) is 11.5 Å². The number of benzene rings is 1. The zero-order chi connectivity index (χ0) is 11.7. The highest BCUT2D eigenvalue weighted by Gasteiger charge is 2.23. The maximum atomic E-state index is 10.0. The maximum absolute atomic E-state index is 10.0. The minimum atomic E-state index is 0.0312. The molecule has 1 aromatic carbocycles. The first kappa shape index (κ1) is 11.3. The van der Waals surface area contributed by atoms with Gasteiger partial charge in [0.15, 0.2) is 11.5 Å². The zero-order valence-corrected chi connectivity index (χ0v) is 10.1. The summed E-state index contributed by atoms with van der Waals surface area (Å²) in [7, 11) is 0. The SMILES string of the molecule is Cc1cc(O)c(O)c(C2CCCCC2)c1C. The first-order valence-electron chi connectivity index (χ1n) is 6.13. The molecule has 2 N–H and O–H groups in total. The fourth-order valence-corrected chi connectivity index (χ4v) is 2.80. The Hall–Kier alpha value is -1.18. The summed E-state index contributed by atoms with van der Waals surface area (Å²) in [6.07, 6.45) is 6.04. The van der Waals surface area contributed by atoms with E-state index in [9.17, 15) is 10.2 Å². The minimum absolute atomic E-state index is 0.0312. The molecule has 2 nitrogen and oxygen atoms in total. The molecule has 0 saturated heterocycles. The van der Waals surface area contributed by atoms with Crippen LogP contribution in [0.3, 0.4) is 0 Å². The molecule has 2 heteroatoms. The summed E-state index contributed by atoms with van der Waals surface area (Å²) in [5, 5.41) is 19.7. The number of phenols is 2. The van der Waals surface area contributed by atoms with Gasteiger partial charge in [-0.2, -0.15) is 0 Å². The molecule has 0 radical (unpaired) electrons. The normalized spacial score (nSPS) is 17.6. The molecule has 1 aliphatic carbocycles. The first-order valence-corrected chi connectivity index (χ1v) is 6.13. The Labute approximate surface area is 96.9 Å². The van der Waals surface area contributed by atoms with E-state index in [-0.39, 0.29) is 11.5 Å². The number of hydrogen-bond acceptors (Lipinski definition) is 2. The van der Waals surface area contributed by atoms with Crippen LogP contribution in [0.5, 0.6) is 11.5 Å². The fraction of sp³-hybridized carbons (Fsp3) is 0.571. The van der Waals surface area contributed by atoms with Crippen molar-refractivity contribution in [2.75, 3.05) is 0 Å². The Morgan fingerprint density at radius 1 is 1.06 bits per heavy atom. The second-order valence-electron chi connectivity index (χ2n) is 4.93. The van der Waals surface area contributed by atoms with Crippen molar-refractivity contribution in [2.45, 2.75) is 51.9 Å². The van der Waals surface area contributed by atoms with Gasteiger partial charge in [-0.3, -0.25) is 0 Å². The summed E-state index contributed by atoms with van der Waals surface area (Å²) >= 11 is 0. The van der Waals surface area contributed by atoms with E-state index in [1.54, 1.807) is 6.07 Å². The molecule has 0 unspecified atom stereocenters. The van der Waals surface area contributed by atoms with E-state index in [1.165, 1.54) is 19.3 Å². The third-order valence-corrected chi connectivity index (χ3v) is 3.86. The smallest absolute Gasteiger partial charge is 0.161 e. The van der Waals surface area contributed by atoms with Crippen LogP contribution in [-0.2, 0) is 0 Å². The third-order valence-electron chi connectivity index (χ3n) is 3.86. The van der Waals surface area contributed by atoms with Gasteiger partial charge in [-0.15, -0.1) is 0 Å². The number of aromatic hydroxyl groups is 2. The molecule has 0 bridgehead atoms. The van der Waals surface area contributed by atoms with Crippen molar-refractivity contribution in [3.63, 3.8) is 0 Å². The average molecular weight is 220 g/mol. The fourth-order valence-electron chi connectivity index (χ4n) is 2.80. The summed E-state index contributed by atoms with van der Waals surface area (Å²) in [5.41, 5.74) is 3.19. The highest BCUT2D eigenvalue weighted by Crippen LogP contribution is 2.43. The van der Waals surface area contributed by atoms with Crippen LogP contribution in [0.25, 0.3) is 0 Å². The van der Waals surface area contributed by atoms with Gasteiger partial charge in [0.2, 0.25) is 0 Å². The maximum Gasteiger partial charge on any atom is 0.161 e. The number of hydrogen-bond donors (Lipinski definition) is 2. The van der Waals surface area contributed by atoms with Crippen molar-refractivity contribution >= 4 is 0 Å². The van der Waals surface area contributed by atoms with Crippen LogP contribution in [0.4, 0.5) is 0 Å². The van der Waals surface area contributed by atoms with Gasteiger partial charge in [0.05, 0.1) is 0 Å². The van der Waals surface area contributed by atoms with E-state index in [0.29, 0.717) is 5.92 Å². The van der Waals surface area contributed by atoms with Crippen LogP contribution >= 0.6 is 0 Å². The average Bonchev–Trinajstić information content (AvgIpc) is 2.28. The summed E-state index contributed by atoms with van der Waals surface area (Å²) < 4.78 is 0. The molecule has 1 fully saturated rings. The molecular weight excluding hydrogens is 200 g/mol. The Balaban J connectivity index is 2.45. The molecule has 1 saturated carbocycles. The van der Waals surface area contributed by atoms with Crippen molar-refractivity contribution in [2.24, 2.45) is 0 Å². The van der Waals surface area contributed by atoms with Crippen molar-refractivity contribution < 1.29 is 10.2 Å². The monoisotopic (exact) mass is 220 g/mol. The number of rotatable bonds is 1. The van der Waals surface area contributed by atoms with E-state index in [2.05, 4.69) is 0 Å². The van der Waals surface area contributed by atoms with Crippen LogP contribution in [0.15, 0.2) is 6.07 Å². The summed E-state index contributed by atoms with van der Waals surface area (Å²) in [6.45, 7) is 4.03.